The van der Waals surface area contributed by atoms with Gasteiger partial charge in [-0.15, -0.1) is 0 Å². The van der Waals surface area contributed by atoms with Crippen molar-refractivity contribution in [1.29, 1.82) is 0 Å². The molecular formula is C13H18BrNO3S. The van der Waals surface area contributed by atoms with E-state index in [9.17, 15) is 13.5 Å². The molecule has 0 spiro atoms. The van der Waals surface area contributed by atoms with Crippen molar-refractivity contribution in [3.05, 3.63) is 28.7 Å². The maximum atomic E-state index is 12.5. The summed E-state index contributed by atoms with van der Waals surface area (Å²) in [6.45, 7) is 0. The van der Waals surface area contributed by atoms with E-state index in [4.69, 9.17) is 0 Å². The number of sulfonamides is 1. The van der Waals surface area contributed by atoms with Crippen molar-refractivity contribution in [2.24, 2.45) is 0 Å². The highest BCUT2D eigenvalue weighted by Gasteiger charge is 2.34. The molecule has 1 N–H and O–H groups in total. The topological polar surface area (TPSA) is 57.6 Å². The average molecular weight is 348 g/mol. The lowest BCUT2D eigenvalue weighted by Gasteiger charge is -2.34. The number of benzene rings is 1. The summed E-state index contributed by atoms with van der Waals surface area (Å²) in [5.41, 5.74) is 0. The standard InChI is InChI=1S/C13H18BrNO3S/c1-15(12-4-2-3-5-13(12)16)19(17,18)11-8-6-10(14)7-9-11/h6-9,12-13,16H,2-5H2,1H3/t12-,13-/m1/s1. The van der Waals surface area contributed by atoms with Gasteiger partial charge in [0, 0.05) is 11.5 Å². The van der Waals surface area contributed by atoms with Crippen molar-refractivity contribution in [1.82, 2.24) is 4.31 Å². The van der Waals surface area contributed by atoms with Crippen LogP contribution in [-0.2, 0) is 10.0 Å². The number of aliphatic hydroxyl groups excluding tert-OH is 1. The van der Waals surface area contributed by atoms with Crippen LogP contribution in [0.25, 0.3) is 0 Å². The summed E-state index contributed by atoms with van der Waals surface area (Å²) in [6, 6.07) is 6.24. The van der Waals surface area contributed by atoms with Gasteiger partial charge in [-0.2, -0.15) is 4.31 Å². The maximum Gasteiger partial charge on any atom is 0.243 e. The molecule has 0 amide bonds. The summed E-state index contributed by atoms with van der Waals surface area (Å²) in [4.78, 5) is 0.260. The van der Waals surface area contributed by atoms with Gasteiger partial charge in [0.25, 0.3) is 0 Å². The first-order valence-electron chi connectivity index (χ1n) is 6.34. The van der Waals surface area contributed by atoms with E-state index in [0.717, 1.165) is 17.3 Å². The minimum atomic E-state index is -3.54. The highest BCUT2D eigenvalue weighted by Crippen LogP contribution is 2.27. The van der Waals surface area contributed by atoms with E-state index >= 15 is 0 Å². The van der Waals surface area contributed by atoms with Crippen LogP contribution in [0.15, 0.2) is 33.6 Å². The van der Waals surface area contributed by atoms with Gasteiger partial charge in [0.2, 0.25) is 10.0 Å². The van der Waals surface area contributed by atoms with Gasteiger partial charge in [0.05, 0.1) is 17.0 Å². The second-order valence-corrected chi connectivity index (χ2v) is 7.81. The molecule has 1 aromatic carbocycles. The molecule has 2 atom stereocenters. The van der Waals surface area contributed by atoms with Crippen molar-refractivity contribution in [3.8, 4) is 0 Å². The van der Waals surface area contributed by atoms with Gasteiger partial charge in [-0.05, 0) is 37.1 Å². The Balaban J connectivity index is 2.25. The maximum absolute atomic E-state index is 12.5. The molecule has 106 valence electrons. The predicted molar refractivity (Wildman–Crippen MR) is 77.4 cm³/mol. The van der Waals surface area contributed by atoms with E-state index < -0.39 is 16.1 Å². The minimum Gasteiger partial charge on any atom is -0.391 e. The fraction of sp³-hybridized carbons (Fsp3) is 0.538. The molecule has 19 heavy (non-hydrogen) atoms. The Morgan fingerprint density at radius 3 is 2.37 bits per heavy atom. The number of hydrogen-bond acceptors (Lipinski definition) is 3. The molecule has 2 rings (SSSR count). The molecule has 1 saturated carbocycles. The first-order valence-corrected chi connectivity index (χ1v) is 8.58. The smallest absolute Gasteiger partial charge is 0.243 e. The van der Waals surface area contributed by atoms with Crippen LogP contribution in [0.1, 0.15) is 25.7 Å². The summed E-state index contributed by atoms with van der Waals surface area (Å²) in [6.07, 6.45) is 2.74. The molecule has 0 aromatic heterocycles. The summed E-state index contributed by atoms with van der Waals surface area (Å²) in [7, 11) is -1.98. The predicted octanol–water partition coefficient (Wildman–Crippen LogP) is 2.37. The second-order valence-electron chi connectivity index (χ2n) is 4.89. The molecule has 1 fully saturated rings. The lowest BCUT2D eigenvalue weighted by molar-refractivity contribution is 0.0638. The third-order valence-corrected chi connectivity index (χ3v) is 6.08. The van der Waals surface area contributed by atoms with E-state index in [1.165, 1.54) is 4.31 Å². The Kier molecular flexibility index (Phi) is 4.66. The summed E-state index contributed by atoms with van der Waals surface area (Å²) >= 11 is 3.29. The van der Waals surface area contributed by atoms with Crippen LogP contribution in [0.5, 0.6) is 0 Å². The first kappa shape index (κ1) is 15.0. The summed E-state index contributed by atoms with van der Waals surface area (Å²) < 4.78 is 27.1. The van der Waals surface area contributed by atoms with Gasteiger partial charge in [0.15, 0.2) is 0 Å². The molecule has 1 aliphatic carbocycles. The molecule has 0 aliphatic heterocycles. The van der Waals surface area contributed by atoms with Crippen molar-refractivity contribution in [3.63, 3.8) is 0 Å². The molecular weight excluding hydrogens is 330 g/mol. The summed E-state index contributed by atoms with van der Waals surface area (Å²) in [5.74, 6) is 0. The van der Waals surface area contributed by atoms with Crippen LogP contribution in [-0.4, -0.2) is 37.0 Å². The Morgan fingerprint density at radius 1 is 1.21 bits per heavy atom. The van der Waals surface area contributed by atoms with E-state index in [2.05, 4.69) is 15.9 Å². The molecule has 1 aromatic rings. The molecule has 0 radical (unpaired) electrons. The average Bonchev–Trinajstić information content (AvgIpc) is 2.39. The Morgan fingerprint density at radius 2 is 1.79 bits per heavy atom. The third kappa shape index (κ3) is 3.18. The van der Waals surface area contributed by atoms with Gasteiger partial charge in [-0.1, -0.05) is 28.8 Å². The fourth-order valence-electron chi connectivity index (χ4n) is 2.47. The minimum absolute atomic E-state index is 0.260. The van der Waals surface area contributed by atoms with Crippen LogP contribution >= 0.6 is 15.9 Å². The highest BCUT2D eigenvalue weighted by atomic mass is 79.9. The van der Waals surface area contributed by atoms with Crippen LogP contribution in [0.2, 0.25) is 0 Å². The second kappa shape index (κ2) is 5.91. The van der Waals surface area contributed by atoms with Crippen LogP contribution in [0.4, 0.5) is 0 Å². The molecule has 0 bridgehead atoms. The van der Waals surface area contributed by atoms with Crippen molar-refractivity contribution >= 4 is 26.0 Å². The van der Waals surface area contributed by atoms with Gasteiger partial charge < -0.3 is 5.11 Å². The van der Waals surface area contributed by atoms with Crippen LogP contribution in [0, 0.1) is 0 Å². The number of aliphatic hydroxyl groups is 1. The van der Waals surface area contributed by atoms with Gasteiger partial charge in [-0.25, -0.2) is 8.42 Å². The van der Waals surface area contributed by atoms with E-state index in [0.29, 0.717) is 12.8 Å². The number of likely N-dealkylation sites (N-methyl/N-ethyl adjacent to an activating group) is 1. The Hall–Kier alpha value is -0.430. The zero-order valence-corrected chi connectivity index (χ0v) is 13.2. The largest absolute Gasteiger partial charge is 0.391 e. The summed E-state index contributed by atoms with van der Waals surface area (Å²) in [5, 5.41) is 9.98. The van der Waals surface area contributed by atoms with Crippen molar-refractivity contribution in [2.75, 3.05) is 7.05 Å². The molecule has 1 aliphatic rings. The molecule has 0 heterocycles. The number of halogens is 1. The molecule has 4 nitrogen and oxygen atoms in total. The lowest BCUT2D eigenvalue weighted by Crippen LogP contribution is -2.46. The van der Waals surface area contributed by atoms with Gasteiger partial charge in [-0.3, -0.25) is 0 Å². The highest BCUT2D eigenvalue weighted by molar-refractivity contribution is 9.10. The van der Waals surface area contributed by atoms with Crippen molar-refractivity contribution in [2.45, 2.75) is 42.7 Å². The quantitative estimate of drug-likeness (QED) is 0.913. The number of rotatable bonds is 3. The van der Waals surface area contributed by atoms with Gasteiger partial charge in [0.1, 0.15) is 0 Å². The monoisotopic (exact) mass is 347 g/mol. The SMILES string of the molecule is CN([C@@H]1CCCC[C@H]1O)S(=O)(=O)c1ccc(Br)cc1. The normalized spacial score (nSPS) is 24.6. The van der Waals surface area contributed by atoms with Crippen molar-refractivity contribution < 1.29 is 13.5 Å². The Bertz CT molecular complexity index is 529. The third-order valence-electron chi connectivity index (χ3n) is 3.65. The number of nitrogens with zero attached hydrogens (tertiary/aromatic N) is 1. The zero-order valence-electron chi connectivity index (χ0n) is 10.8. The van der Waals surface area contributed by atoms with Crippen LogP contribution in [0.3, 0.4) is 0 Å². The Labute approximate surface area is 122 Å². The zero-order chi connectivity index (χ0) is 14.0. The van der Waals surface area contributed by atoms with E-state index in [1.54, 1.807) is 31.3 Å². The first-order chi connectivity index (χ1) is 8.93. The van der Waals surface area contributed by atoms with Gasteiger partial charge >= 0.3 is 0 Å². The van der Waals surface area contributed by atoms with Crippen LogP contribution < -0.4 is 0 Å². The van der Waals surface area contributed by atoms with E-state index in [1.807, 2.05) is 0 Å². The molecule has 0 saturated heterocycles. The number of hydrogen-bond donors (Lipinski definition) is 1. The molecule has 6 heteroatoms. The lowest BCUT2D eigenvalue weighted by atomic mass is 9.93. The molecule has 0 unspecified atom stereocenters. The van der Waals surface area contributed by atoms with E-state index in [-0.39, 0.29) is 10.9 Å². The fourth-order valence-corrected chi connectivity index (χ4v) is 4.15.